The first-order chi connectivity index (χ1) is 8.04. The summed E-state index contributed by atoms with van der Waals surface area (Å²) < 4.78 is 9.52. The van der Waals surface area contributed by atoms with Gasteiger partial charge in [0.05, 0.1) is 19.8 Å². The molecule has 0 aliphatic heterocycles. The molecule has 0 radical (unpaired) electrons. The third kappa shape index (κ3) is 4.52. The first kappa shape index (κ1) is 14.3. The van der Waals surface area contributed by atoms with Crippen LogP contribution in [-0.2, 0) is 14.3 Å². The molecule has 0 heterocycles. The van der Waals surface area contributed by atoms with Crippen molar-refractivity contribution in [1.29, 1.82) is 0 Å². The van der Waals surface area contributed by atoms with Gasteiger partial charge in [0.2, 0.25) is 0 Å². The van der Waals surface area contributed by atoms with E-state index in [0.717, 1.165) is 0 Å². The van der Waals surface area contributed by atoms with Gasteiger partial charge < -0.3 is 15.2 Å². The number of nitrogens with two attached hydrogens (primary N) is 1. The summed E-state index contributed by atoms with van der Waals surface area (Å²) in [5, 5.41) is 1.07. The molecule has 2 N–H and O–H groups in total. The predicted octanol–water partition coefficient (Wildman–Crippen LogP) is 2.18. The second-order valence-electron chi connectivity index (χ2n) is 3.36. The van der Waals surface area contributed by atoms with Gasteiger partial charge in [0.15, 0.2) is 0 Å². The molecule has 1 aromatic carbocycles. The van der Waals surface area contributed by atoms with Gasteiger partial charge >= 0.3 is 5.97 Å². The number of methoxy groups -OCH3 is 1. The standard InChI is InChI=1S/C11H13Cl2NO3/c1-16-11(15)6-17-5-10(14)8-4-7(12)2-3-9(8)13/h2-4,10H,5-6,14H2,1H3. The number of halogens is 2. The summed E-state index contributed by atoms with van der Waals surface area (Å²) in [7, 11) is 1.29. The van der Waals surface area contributed by atoms with Crippen molar-refractivity contribution in [2.75, 3.05) is 20.3 Å². The van der Waals surface area contributed by atoms with Crippen LogP contribution in [0.2, 0.25) is 10.0 Å². The molecule has 0 saturated heterocycles. The Hall–Kier alpha value is -0.810. The van der Waals surface area contributed by atoms with E-state index in [4.69, 9.17) is 33.7 Å². The van der Waals surface area contributed by atoms with E-state index in [1.54, 1.807) is 18.2 Å². The van der Waals surface area contributed by atoms with E-state index < -0.39 is 12.0 Å². The first-order valence-corrected chi connectivity index (χ1v) is 5.65. The number of benzene rings is 1. The van der Waals surface area contributed by atoms with Crippen molar-refractivity contribution >= 4 is 29.2 Å². The van der Waals surface area contributed by atoms with Crippen LogP contribution in [0.25, 0.3) is 0 Å². The Labute approximate surface area is 110 Å². The summed E-state index contributed by atoms with van der Waals surface area (Å²) in [6.45, 7) is 0.0253. The Bertz CT molecular complexity index is 398. The quantitative estimate of drug-likeness (QED) is 0.838. The fourth-order valence-electron chi connectivity index (χ4n) is 1.22. The number of carbonyl (C=O) groups excluding carboxylic acids is 1. The zero-order valence-electron chi connectivity index (χ0n) is 9.28. The maximum absolute atomic E-state index is 10.8. The summed E-state index contributed by atoms with van der Waals surface area (Å²) in [4.78, 5) is 10.8. The van der Waals surface area contributed by atoms with Crippen molar-refractivity contribution < 1.29 is 14.3 Å². The highest BCUT2D eigenvalue weighted by Gasteiger charge is 2.12. The highest BCUT2D eigenvalue weighted by molar-refractivity contribution is 6.33. The number of rotatable bonds is 5. The number of esters is 1. The molecular formula is C11H13Cl2NO3. The average molecular weight is 278 g/mol. The van der Waals surface area contributed by atoms with Crippen LogP contribution in [0.1, 0.15) is 11.6 Å². The van der Waals surface area contributed by atoms with Gasteiger partial charge in [-0.15, -0.1) is 0 Å². The topological polar surface area (TPSA) is 61.5 Å². The third-order valence-electron chi connectivity index (χ3n) is 2.10. The van der Waals surface area contributed by atoms with Gasteiger partial charge in [0.1, 0.15) is 6.61 Å². The number of carbonyl (C=O) groups is 1. The summed E-state index contributed by atoms with van der Waals surface area (Å²) >= 11 is 11.8. The highest BCUT2D eigenvalue weighted by atomic mass is 35.5. The lowest BCUT2D eigenvalue weighted by atomic mass is 10.1. The van der Waals surface area contributed by atoms with Crippen LogP contribution >= 0.6 is 23.2 Å². The molecule has 0 aromatic heterocycles. The molecule has 1 aromatic rings. The monoisotopic (exact) mass is 277 g/mol. The Kier molecular flexibility index (Phi) is 5.71. The maximum Gasteiger partial charge on any atom is 0.331 e. The second-order valence-corrected chi connectivity index (χ2v) is 4.21. The van der Waals surface area contributed by atoms with Crippen LogP contribution in [0.3, 0.4) is 0 Å². The molecule has 0 spiro atoms. The first-order valence-electron chi connectivity index (χ1n) is 4.89. The fourth-order valence-corrected chi connectivity index (χ4v) is 1.65. The second kappa shape index (κ2) is 6.81. The summed E-state index contributed by atoms with van der Waals surface area (Å²) in [6.07, 6.45) is 0. The van der Waals surface area contributed by atoms with Crippen LogP contribution in [0, 0.1) is 0 Å². The van der Waals surface area contributed by atoms with Gasteiger partial charge in [0, 0.05) is 10.0 Å². The molecule has 17 heavy (non-hydrogen) atoms. The lowest BCUT2D eigenvalue weighted by Gasteiger charge is -2.14. The molecule has 0 saturated carbocycles. The smallest absolute Gasteiger partial charge is 0.331 e. The van der Waals surface area contributed by atoms with Crippen LogP contribution in [0.5, 0.6) is 0 Å². The largest absolute Gasteiger partial charge is 0.467 e. The van der Waals surface area contributed by atoms with Crippen LogP contribution in [0.4, 0.5) is 0 Å². The molecule has 0 amide bonds. The average Bonchev–Trinajstić information content (AvgIpc) is 2.31. The van der Waals surface area contributed by atoms with Crippen molar-refractivity contribution in [2.45, 2.75) is 6.04 Å². The Balaban J connectivity index is 2.54. The molecule has 1 rings (SSSR count). The van der Waals surface area contributed by atoms with E-state index in [0.29, 0.717) is 15.6 Å². The lowest BCUT2D eigenvalue weighted by Crippen LogP contribution is -2.20. The van der Waals surface area contributed by atoms with E-state index >= 15 is 0 Å². The van der Waals surface area contributed by atoms with Gasteiger partial charge in [-0.25, -0.2) is 4.79 Å². The third-order valence-corrected chi connectivity index (χ3v) is 2.68. The minimum atomic E-state index is -0.450. The van der Waals surface area contributed by atoms with Crippen molar-refractivity contribution in [3.63, 3.8) is 0 Å². The van der Waals surface area contributed by atoms with E-state index in [1.807, 2.05) is 0 Å². The zero-order chi connectivity index (χ0) is 12.8. The van der Waals surface area contributed by atoms with Crippen molar-refractivity contribution in [2.24, 2.45) is 5.73 Å². The van der Waals surface area contributed by atoms with Crippen molar-refractivity contribution in [1.82, 2.24) is 0 Å². The van der Waals surface area contributed by atoms with Crippen LogP contribution in [0.15, 0.2) is 18.2 Å². The molecule has 1 atom stereocenters. The van der Waals surface area contributed by atoms with Crippen molar-refractivity contribution in [3.8, 4) is 0 Å². The summed E-state index contributed by atoms with van der Waals surface area (Å²) in [6, 6.07) is 4.58. The number of hydrogen-bond acceptors (Lipinski definition) is 4. The SMILES string of the molecule is COC(=O)COCC(N)c1cc(Cl)ccc1Cl. The molecule has 4 nitrogen and oxygen atoms in total. The molecule has 94 valence electrons. The van der Waals surface area contributed by atoms with E-state index in [-0.39, 0.29) is 13.2 Å². The molecule has 0 aliphatic carbocycles. The number of hydrogen-bond donors (Lipinski definition) is 1. The Morgan fingerprint density at radius 3 is 2.82 bits per heavy atom. The van der Waals surface area contributed by atoms with Crippen LogP contribution in [-0.4, -0.2) is 26.3 Å². The van der Waals surface area contributed by atoms with Gasteiger partial charge in [0.25, 0.3) is 0 Å². The van der Waals surface area contributed by atoms with Crippen molar-refractivity contribution in [3.05, 3.63) is 33.8 Å². The molecule has 0 bridgehead atoms. The zero-order valence-corrected chi connectivity index (χ0v) is 10.8. The minimum Gasteiger partial charge on any atom is -0.467 e. The van der Waals surface area contributed by atoms with Gasteiger partial charge in [-0.2, -0.15) is 0 Å². The summed E-state index contributed by atoms with van der Waals surface area (Å²) in [5.41, 5.74) is 6.56. The van der Waals surface area contributed by atoms with Gasteiger partial charge in [-0.1, -0.05) is 23.2 Å². The van der Waals surface area contributed by atoms with E-state index in [2.05, 4.69) is 4.74 Å². The van der Waals surface area contributed by atoms with E-state index in [9.17, 15) is 4.79 Å². The van der Waals surface area contributed by atoms with E-state index in [1.165, 1.54) is 7.11 Å². The maximum atomic E-state index is 10.8. The molecule has 0 aliphatic rings. The molecule has 0 fully saturated rings. The lowest BCUT2D eigenvalue weighted by molar-refractivity contribution is -0.146. The normalized spacial score (nSPS) is 12.2. The molecule has 1 unspecified atom stereocenters. The highest BCUT2D eigenvalue weighted by Crippen LogP contribution is 2.25. The van der Waals surface area contributed by atoms with Crippen LogP contribution < -0.4 is 5.73 Å². The fraction of sp³-hybridized carbons (Fsp3) is 0.364. The Morgan fingerprint density at radius 1 is 1.47 bits per heavy atom. The Morgan fingerprint density at radius 2 is 2.18 bits per heavy atom. The minimum absolute atomic E-state index is 0.137. The molecule has 6 heteroatoms. The van der Waals surface area contributed by atoms with Gasteiger partial charge in [-0.05, 0) is 23.8 Å². The number of ether oxygens (including phenoxy) is 2. The predicted molar refractivity (Wildman–Crippen MR) is 66.2 cm³/mol. The summed E-state index contributed by atoms with van der Waals surface area (Å²) in [5.74, 6) is -0.450. The van der Waals surface area contributed by atoms with Gasteiger partial charge in [-0.3, -0.25) is 0 Å². The molecular weight excluding hydrogens is 265 g/mol.